The van der Waals surface area contributed by atoms with Crippen LogP contribution >= 0.6 is 15.9 Å². The lowest BCUT2D eigenvalue weighted by Crippen LogP contribution is -2.39. The van der Waals surface area contributed by atoms with Crippen LogP contribution in [0.5, 0.6) is 0 Å². The number of nitrogens with zero attached hydrogens (tertiary/aromatic N) is 3. The second-order valence-electron chi connectivity index (χ2n) is 5.76. The van der Waals surface area contributed by atoms with Gasteiger partial charge >= 0.3 is 5.69 Å². The normalized spacial score (nSPS) is 11.0. The Morgan fingerprint density at radius 1 is 1.16 bits per heavy atom. The molecule has 130 valence electrons. The van der Waals surface area contributed by atoms with Crippen LogP contribution in [0.1, 0.15) is 25.5 Å². The zero-order valence-corrected chi connectivity index (χ0v) is 15.4. The van der Waals surface area contributed by atoms with E-state index in [-0.39, 0.29) is 17.8 Å². The summed E-state index contributed by atoms with van der Waals surface area (Å²) in [5.41, 5.74) is 1.03. The number of aromatic nitrogens is 3. The minimum absolute atomic E-state index is 0.231. The fraction of sp³-hybridized carbons (Fsp3) is 0.278. The molecule has 3 aromatic rings. The molecule has 0 fully saturated rings. The summed E-state index contributed by atoms with van der Waals surface area (Å²) in [6.07, 6.45) is 3.20. The van der Waals surface area contributed by atoms with Crippen LogP contribution < -0.4 is 11.2 Å². The highest BCUT2D eigenvalue weighted by molar-refractivity contribution is 9.10. The van der Waals surface area contributed by atoms with Crippen LogP contribution in [0, 0.1) is 0 Å². The van der Waals surface area contributed by atoms with Crippen LogP contribution in [0.3, 0.4) is 0 Å². The van der Waals surface area contributed by atoms with Gasteiger partial charge in [0.1, 0.15) is 5.69 Å². The number of benzene rings is 1. The molecule has 0 amide bonds. The Balaban J connectivity index is 1.85. The second kappa shape index (κ2) is 7.65. The maximum absolute atomic E-state index is 12.5. The molecule has 0 radical (unpaired) electrons. The van der Waals surface area contributed by atoms with Crippen LogP contribution in [-0.2, 0) is 13.1 Å². The van der Waals surface area contributed by atoms with Crippen molar-refractivity contribution in [3.63, 3.8) is 0 Å². The highest BCUT2D eigenvalue weighted by Crippen LogP contribution is 2.21. The van der Waals surface area contributed by atoms with Crippen molar-refractivity contribution in [3.05, 3.63) is 73.7 Å². The van der Waals surface area contributed by atoms with E-state index in [2.05, 4.69) is 21.1 Å². The SMILES string of the molecule is CCCCn1c(=O)ccn(Cc2cc(-c3ccc(Br)cc3)no2)c1=O. The Morgan fingerprint density at radius 3 is 2.64 bits per heavy atom. The van der Waals surface area contributed by atoms with Gasteiger partial charge in [0.25, 0.3) is 5.56 Å². The number of hydrogen-bond acceptors (Lipinski definition) is 4. The first-order valence-corrected chi connectivity index (χ1v) is 8.89. The number of rotatable bonds is 6. The molecule has 7 heteroatoms. The fourth-order valence-corrected chi connectivity index (χ4v) is 2.78. The molecule has 1 aromatic carbocycles. The average molecular weight is 404 g/mol. The van der Waals surface area contributed by atoms with E-state index in [0.717, 1.165) is 22.9 Å². The largest absolute Gasteiger partial charge is 0.359 e. The third kappa shape index (κ3) is 3.99. The third-order valence-electron chi connectivity index (χ3n) is 3.90. The van der Waals surface area contributed by atoms with Gasteiger partial charge in [0.05, 0.1) is 6.54 Å². The predicted molar refractivity (Wildman–Crippen MR) is 98.6 cm³/mol. The summed E-state index contributed by atoms with van der Waals surface area (Å²) in [4.78, 5) is 24.4. The summed E-state index contributed by atoms with van der Waals surface area (Å²) in [5, 5.41) is 4.06. The molecule has 0 aliphatic heterocycles. The van der Waals surface area contributed by atoms with Crippen molar-refractivity contribution in [2.24, 2.45) is 0 Å². The molecule has 0 N–H and O–H groups in total. The second-order valence-corrected chi connectivity index (χ2v) is 6.67. The van der Waals surface area contributed by atoms with Crippen molar-refractivity contribution in [1.29, 1.82) is 0 Å². The van der Waals surface area contributed by atoms with Crippen molar-refractivity contribution in [2.45, 2.75) is 32.9 Å². The van der Waals surface area contributed by atoms with Gasteiger partial charge in [-0.05, 0) is 18.6 Å². The van der Waals surface area contributed by atoms with E-state index in [0.29, 0.717) is 18.0 Å². The van der Waals surface area contributed by atoms with E-state index in [1.165, 1.54) is 21.4 Å². The molecule has 25 heavy (non-hydrogen) atoms. The van der Waals surface area contributed by atoms with Crippen molar-refractivity contribution < 1.29 is 4.52 Å². The fourth-order valence-electron chi connectivity index (χ4n) is 2.51. The smallest absolute Gasteiger partial charge is 0.331 e. The maximum Gasteiger partial charge on any atom is 0.331 e. The summed E-state index contributed by atoms with van der Waals surface area (Å²) >= 11 is 3.40. The van der Waals surface area contributed by atoms with Crippen LogP contribution in [0.15, 0.2) is 61.2 Å². The molecule has 2 aromatic heterocycles. The van der Waals surface area contributed by atoms with Gasteiger partial charge in [-0.15, -0.1) is 0 Å². The highest BCUT2D eigenvalue weighted by Gasteiger charge is 2.10. The summed E-state index contributed by atoms with van der Waals surface area (Å²) in [7, 11) is 0. The first-order valence-electron chi connectivity index (χ1n) is 8.10. The van der Waals surface area contributed by atoms with Crippen LogP contribution in [-0.4, -0.2) is 14.3 Å². The Morgan fingerprint density at radius 2 is 1.92 bits per heavy atom. The molecule has 0 bridgehead atoms. The van der Waals surface area contributed by atoms with Crippen molar-refractivity contribution in [2.75, 3.05) is 0 Å². The quantitative estimate of drug-likeness (QED) is 0.632. The van der Waals surface area contributed by atoms with E-state index >= 15 is 0 Å². The molecule has 3 rings (SSSR count). The number of unbranched alkanes of at least 4 members (excludes halogenated alkanes) is 1. The Bertz CT molecular complexity index is 970. The Labute approximate surface area is 152 Å². The minimum atomic E-state index is -0.331. The van der Waals surface area contributed by atoms with Crippen molar-refractivity contribution in [3.8, 4) is 11.3 Å². The molecule has 0 spiro atoms. The van der Waals surface area contributed by atoms with Crippen LogP contribution in [0.25, 0.3) is 11.3 Å². The summed E-state index contributed by atoms with van der Waals surface area (Å²) in [6, 6.07) is 10.9. The Kier molecular flexibility index (Phi) is 5.33. The topological polar surface area (TPSA) is 70.0 Å². The van der Waals surface area contributed by atoms with E-state index in [4.69, 9.17) is 4.52 Å². The zero-order chi connectivity index (χ0) is 17.8. The first-order chi connectivity index (χ1) is 12.1. The third-order valence-corrected chi connectivity index (χ3v) is 4.43. The van der Waals surface area contributed by atoms with Crippen molar-refractivity contribution in [1.82, 2.24) is 14.3 Å². The number of hydrogen-bond donors (Lipinski definition) is 0. The van der Waals surface area contributed by atoms with Gasteiger partial charge in [0, 0.05) is 34.9 Å². The standard InChI is InChI=1S/C18H18BrN3O3/c1-2-3-9-22-17(23)8-10-21(18(22)24)12-15-11-16(20-25-15)13-4-6-14(19)7-5-13/h4-8,10-11H,2-3,9,12H2,1H3. The number of halogens is 1. The molecule has 0 atom stereocenters. The van der Waals surface area contributed by atoms with E-state index in [1.807, 2.05) is 31.2 Å². The van der Waals surface area contributed by atoms with Gasteiger partial charge in [-0.3, -0.25) is 13.9 Å². The highest BCUT2D eigenvalue weighted by atomic mass is 79.9. The molecule has 0 aliphatic carbocycles. The molecule has 0 aliphatic rings. The van der Waals surface area contributed by atoms with E-state index in [1.54, 1.807) is 6.07 Å². The molecule has 0 saturated carbocycles. The maximum atomic E-state index is 12.5. The van der Waals surface area contributed by atoms with Crippen LogP contribution in [0.4, 0.5) is 0 Å². The Hall–Kier alpha value is -2.41. The first kappa shape index (κ1) is 17.4. The average Bonchev–Trinajstić information content (AvgIpc) is 3.07. The van der Waals surface area contributed by atoms with Gasteiger partial charge in [0.15, 0.2) is 5.76 Å². The van der Waals surface area contributed by atoms with Gasteiger partial charge in [0.2, 0.25) is 0 Å². The molecular formula is C18H18BrN3O3. The zero-order valence-electron chi connectivity index (χ0n) is 13.8. The van der Waals surface area contributed by atoms with Crippen molar-refractivity contribution >= 4 is 15.9 Å². The van der Waals surface area contributed by atoms with E-state index < -0.39 is 0 Å². The minimum Gasteiger partial charge on any atom is -0.359 e. The molecule has 2 heterocycles. The lowest BCUT2D eigenvalue weighted by atomic mass is 10.1. The van der Waals surface area contributed by atoms with Gasteiger partial charge in [-0.1, -0.05) is 46.6 Å². The lowest BCUT2D eigenvalue weighted by Gasteiger charge is -2.07. The van der Waals surface area contributed by atoms with Gasteiger partial charge < -0.3 is 4.52 Å². The van der Waals surface area contributed by atoms with E-state index in [9.17, 15) is 9.59 Å². The monoisotopic (exact) mass is 403 g/mol. The summed E-state index contributed by atoms with van der Waals surface area (Å²) < 4.78 is 9.06. The van der Waals surface area contributed by atoms with Crippen LogP contribution in [0.2, 0.25) is 0 Å². The van der Waals surface area contributed by atoms with Gasteiger partial charge in [-0.25, -0.2) is 4.79 Å². The predicted octanol–water partition coefficient (Wildman–Crippen LogP) is 3.28. The molecule has 6 nitrogen and oxygen atoms in total. The summed E-state index contributed by atoms with van der Waals surface area (Å²) in [5.74, 6) is 0.556. The molecular weight excluding hydrogens is 386 g/mol. The molecule has 0 saturated heterocycles. The van der Waals surface area contributed by atoms with Gasteiger partial charge in [-0.2, -0.15) is 0 Å². The summed E-state index contributed by atoms with van der Waals surface area (Å²) in [6.45, 7) is 2.68. The lowest BCUT2D eigenvalue weighted by molar-refractivity contribution is 0.373. The molecule has 0 unspecified atom stereocenters.